The van der Waals surface area contributed by atoms with Gasteiger partial charge in [-0.2, -0.15) is 13.9 Å². The van der Waals surface area contributed by atoms with Crippen LogP contribution in [0.25, 0.3) is 0 Å². The lowest BCUT2D eigenvalue weighted by atomic mass is 10.2. The number of rotatable bonds is 8. The third-order valence-electron chi connectivity index (χ3n) is 4.06. The van der Waals surface area contributed by atoms with Gasteiger partial charge in [0.2, 0.25) is 0 Å². The van der Waals surface area contributed by atoms with Crippen molar-refractivity contribution >= 4 is 29.9 Å². The second kappa shape index (κ2) is 11.8. The molecule has 0 aliphatic carbocycles. The molecular formula is C19H28F2IN5O. The van der Waals surface area contributed by atoms with Crippen LogP contribution in [0.1, 0.15) is 23.9 Å². The van der Waals surface area contributed by atoms with E-state index in [1.165, 1.54) is 6.07 Å². The first-order valence-electron chi connectivity index (χ1n) is 8.87. The first-order valence-corrected chi connectivity index (χ1v) is 8.87. The molecular weight excluding hydrogens is 479 g/mol. The molecule has 0 amide bonds. The van der Waals surface area contributed by atoms with E-state index < -0.39 is 6.61 Å². The maximum Gasteiger partial charge on any atom is 0.387 e. The van der Waals surface area contributed by atoms with Crippen molar-refractivity contribution in [2.75, 3.05) is 13.6 Å². The van der Waals surface area contributed by atoms with Gasteiger partial charge in [0.25, 0.3) is 0 Å². The van der Waals surface area contributed by atoms with E-state index >= 15 is 0 Å². The molecule has 1 unspecified atom stereocenters. The second-order valence-corrected chi connectivity index (χ2v) is 6.51. The highest BCUT2D eigenvalue weighted by molar-refractivity contribution is 14.0. The van der Waals surface area contributed by atoms with Gasteiger partial charge in [0.05, 0.1) is 5.69 Å². The number of benzene rings is 1. The zero-order valence-corrected chi connectivity index (χ0v) is 18.9. The number of aliphatic imine (C=N–C) groups is 1. The van der Waals surface area contributed by atoms with Gasteiger partial charge in [0, 0.05) is 37.9 Å². The van der Waals surface area contributed by atoms with Crippen LogP contribution in [0.4, 0.5) is 8.78 Å². The molecule has 9 heteroatoms. The Labute approximate surface area is 181 Å². The lowest BCUT2D eigenvalue weighted by molar-refractivity contribution is -0.0504. The Morgan fingerprint density at radius 1 is 1.25 bits per heavy atom. The molecule has 2 aromatic rings. The van der Waals surface area contributed by atoms with E-state index in [4.69, 9.17) is 0 Å². The first-order chi connectivity index (χ1) is 12.9. The van der Waals surface area contributed by atoms with Crippen molar-refractivity contribution < 1.29 is 13.5 Å². The predicted octanol–water partition coefficient (Wildman–Crippen LogP) is 3.72. The van der Waals surface area contributed by atoms with Crippen molar-refractivity contribution in [1.29, 1.82) is 0 Å². The van der Waals surface area contributed by atoms with E-state index in [0.29, 0.717) is 30.5 Å². The summed E-state index contributed by atoms with van der Waals surface area (Å²) >= 11 is 0. The van der Waals surface area contributed by atoms with Crippen molar-refractivity contribution in [3.05, 3.63) is 47.3 Å². The summed E-state index contributed by atoms with van der Waals surface area (Å²) in [5.41, 5.74) is 2.78. The summed E-state index contributed by atoms with van der Waals surface area (Å²) in [6.07, 6.45) is 0. The van der Waals surface area contributed by atoms with Crippen molar-refractivity contribution in [2.45, 2.75) is 40.5 Å². The Hall–Kier alpha value is -1.91. The van der Waals surface area contributed by atoms with E-state index in [0.717, 1.165) is 17.9 Å². The quantitative estimate of drug-likeness (QED) is 0.325. The van der Waals surface area contributed by atoms with E-state index in [1.807, 2.05) is 18.5 Å². The van der Waals surface area contributed by atoms with E-state index in [2.05, 4.69) is 38.5 Å². The molecule has 156 valence electrons. The number of ether oxygens (including phenoxy) is 1. The molecule has 0 saturated carbocycles. The fraction of sp³-hybridized carbons (Fsp3) is 0.474. The number of hydrogen-bond acceptors (Lipinski definition) is 3. The van der Waals surface area contributed by atoms with Crippen molar-refractivity contribution in [1.82, 2.24) is 20.4 Å². The number of aromatic nitrogens is 2. The van der Waals surface area contributed by atoms with Gasteiger partial charge in [-0.3, -0.25) is 9.67 Å². The monoisotopic (exact) mass is 507 g/mol. The van der Waals surface area contributed by atoms with Crippen molar-refractivity contribution in [3.63, 3.8) is 0 Å². The smallest absolute Gasteiger partial charge is 0.387 e. The maximum atomic E-state index is 12.5. The number of nitrogens with one attached hydrogen (secondary N) is 2. The Morgan fingerprint density at radius 2 is 1.96 bits per heavy atom. The van der Waals surface area contributed by atoms with Gasteiger partial charge in [-0.05, 0) is 31.9 Å². The zero-order valence-electron chi connectivity index (χ0n) is 16.6. The highest BCUT2D eigenvalue weighted by Crippen LogP contribution is 2.19. The topological polar surface area (TPSA) is 63.5 Å². The summed E-state index contributed by atoms with van der Waals surface area (Å²) in [4.78, 5) is 4.18. The van der Waals surface area contributed by atoms with Crippen LogP contribution in [-0.2, 0) is 13.1 Å². The van der Waals surface area contributed by atoms with Crippen LogP contribution in [0.5, 0.6) is 5.75 Å². The summed E-state index contributed by atoms with van der Waals surface area (Å²) in [5.74, 6) is 1.09. The number of halogens is 3. The van der Waals surface area contributed by atoms with Gasteiger partial charge >= 0.3 is 6.61 Å². The molecule has 2 N–H and O–H groups in total. The first kappa shape index (κ1) is 24.1. The van der Waals surface area contributed by atoms with Crippen molar-refractivity contribution in [3.8, 4) is 5.75 Å². The van der Waals surface area contributed by atoms with Gasteiger partial charge in [0.1, 0.15) is 5.75 Å². The number of alkyl halides is 2. The third-order valence-corrected chi connectivity index (χ3v) is 4.06. The molecule has 2 rings (SSSR count). The van der Waals surface area contributed by atoms with Crippen LogP contribution in [0, 0.1) is 19.8 Å². The summed E-state index contributed by atoms with van der Waals surface area (Å²) in [5, 5.41) is 10.9. The van der Waals surface area contributed by atoms with Crippen LogP contribution in [0.3, 0.4) is 0 Å². The van der Waals surface area contributed by atoms with Crippen LogP contribution >= 0.6 is 24.0 Å². The van der Waals surface area contributed by atoms with Crippen LogP contribution in [0.2, 0.25) is 0 Å². The molecule has 0 aliphatic heterocycles. The maximum absolute atomic E-state index is 12.5. The Kier molecular flexibility index (Phi) is 10.2. The number of para-hydroxylation sites is 1. The number of nitrogens with zero attached hydrogens (tertiary/aromatic N) is 3. The molecule has 0 spiro atoms. The van der Waals surface area contributed by atoms with Crippen LogP contribution in [-0.4, -0.2) is 35.9 Å². The molecule has 6 nitrogen and oxygen atoms in total. The third kappa shape index (κ3) is 7.61. The highest BCUT2D eigenvalue weighted by Gasteiger charge is 2.11. The molecule has 0 saturated heterocycles. The SMILES string of the molecule is CN=C(NCc1ccccc1OC(F)F)NCC(C)Cn1nc(C)cc1C.I. The summed E-state index contributed by atoms with van der Waals surface area (Å²) in [6, 6.07) is 8.76. The second-order valence-electron chi connectivity index (χ2n) is 6.51. The van der Waals surface area contributed by atoms with Crippen LogP contribution in [0.15, 0.2) is 35.3 Å². The minimum atomic E-state index is -2.85. The summed E-state index contributed by atoms with van der Waals surface area (Å²) < 4.78 is 31.5. The van der Waals surface area contributed by atoms with E-state index in [1.54, 1.807) is 25.2 Å². The van der Waals surface area contributed by atoms with Crippen molar-refractivity contribution in [2.24, 2.45) is 10.9 Å². The van der Waals surface area contributed by atoms with Gasteiger partial charge in [-0.25, -0.2) is 0 Å². The molecule has 1 heterocycles. The summed E-state index contributed by atoms with van der Waals surface area (Å²) in [7, 11) is 1.67. The predicted molar refractivity (Wildman–Crippen MR) is 118 cm³/mol. The standard InChI is InChI=1S/C19H27F2N5O.HI/c1-13(12-26-15(3)9-14(2)25-26)10-23-19(22-4)24-11-16-7-5-6-8-17(16)27-18(20)21;/h5-9,13,18H,10-12H2,1-4H3,(H2,22,23,24);1H. The van der Waals surface area contributed by atoms with Gasteiger partial charge < -0.3 is 15.4 Å². The van der Waals surface area contributed by atoms with E-state index in [-0.39, 0.29) is 29.7 Å². The Bertz CT molecular complexity index is 767. The van der Waals surface area contributed by atoms with Gasteiger partial charge in [0.15, 0.2) is 5.96 Å². The Balaban J connectivity index is 0.00000392. The molecule has 0 radical (unpaired) electrons. The molecule has 28 heavy (non-hydrogen) atoms. The van der Waals surface area contributed by atoms with E-state index in [9.17, 15) is 8.78 Å². The molecule has 0 bridgehead atoms. The summed E-state index contributed by atoms with van der Waals surface area (Å²) in [6.45, 7) is 5.13. The number of hydrogen-bond donors (Lipinski definition) is 2. The fourth-order valence-electron chi connectivity index (χ4n) is 2.75. The zero-order chi connectivity index (χ0) is 19.8. The minimum absolute atomic E-state index is 0. The van der Waals surface area contributed by atoms with Crippen LogP contribution < -0.4 is 15.4 Å². The average Bonchev–Trinajstić information content (AvgIpc) is 2.93. The lowest BCUT2D eigenvalue weighted by Crippen LogP contribution is -2.39. The highest BCUT2D eigenvalue weighted by atomic mass is 127. The average molecular weight is 507 g/mol. The molecule has 1 aromatic heterocycles. The molecule has 0 fully saturated rings. The minimum Gasteiger partial charge on any atom is -0.434 e. The molecule has 0 aliphatic rings. The van der Waals surface area contributed by atoms with Gasteiger partial charge in [-0.15, -0.1) is 24.0 Å². The number of aryl methyl sites for hydroxylation is 2. The largest absolute Gasteiger partial charge is 0.434 e. The number of guanidine groups is 1. The molecule has 1 aromatic carbocycles. The van der Waals surface area contributed by atoms with Gasteiger partial charge in [-0.1, -0.05) is 25.1 Å². The fourth-order valence-corrected chi connectivity index (χ4v) is 2.75. The molecule has 1 atom stereocenters. The Morgan fingerprint density at radius 3 is 2.57 bits per heavy atom. The normalized spacial score (nSPS) is 12.5. The lowest BCUT2D eigenvalue weighted by Gasteiger charge is -2.17.